The maximum absolute atomic E-state index is 13.4. The molecule has 1 atom stereocenters. The SMILES string of the molecule is Cc1cccc(N2C(=O)CC(N(NC(=O)Cc3ccccc3)C(=O)c3cccc(Cl)c3)C2=O)c1. The summed E-state index contributed by atoms with van der Waals surface area (Å²) in [6.07, 6.45) is -0.263. The smallest absolute Gasteiger partial charge is 0.273 e. The Bertz CT molecular complexity index is 1260. The second-order valence-electron chi connectivity index (χ2n) is 8.01. The zero-order valence-corrected chi connectivity index (χ0v) is 19.2. The molecule has 1 saturated heterocycles. The summed E-state index contributed by atoms with van der Waals surface area (Å²) in [4.78, 5) is 53.5. The van der Waals surface area contributed by atoms with Gasteiger partial charge in [0, 0.05) is 10.6 Å². The first kappa shape index (κ1) is 23.2. The monoisotopic (exact) mass is 475 g/mol. The fourth-order valence-electron chi connectivity index (χ4n) is 3.84. The van der Waals surface area contributed by atoms with Crippen molar-refractivity contribution in [3.63, 3.8) is 0 Å². The minimum Gasteiger partial charge on any atom is -0.274 e. The first-order valence-electron chi connectivity index (χ1n) is 10.7. The van der Waals surface area contributed by atoms with Gasteiger partial charge in [0.05, 0.1) is 18.5 Å². The van der Waals surface area contributed by atoms with E-state index >= 15 is 0 Å². The molecular weight excluding hydrogens is 454 g/mol. The van der Waals surface area contributed by atoms with Crippen molar-refractivity contribution in [2.45, 2.75) is 25.8 Å². The van der Waals surface area contributed by atoms with Crippen LogP contribution >= 0.6 is 11.6 Å². The highest BCUT2D eigenvalue weighted by Gasteiger charge is 2.45. The molecule has 0 aliphatic carbocycles. The van der Waals surface area contributed by atoms with Crippen LogP contribution in [0.4, 0.5) is 5.69 Å². The maximum atomic E-state index is 13.4. The van der Waals surface area contributed by atoms with Gasteiger partial charge in [-0.05, 0) is 48.4 Å². The third-order valence-electron chi connectivity index (χ3n) is 5.44. The molecule has 8 heteroatoms. The fraction of sp³-hybridized carbons (Fsp3) is 0.154. The molecule has 0 spiro atoms. The molecule has 1 aliphatic rings. The van der Waals surface area contributed by atoms with E-state index < -0.39 is 29.7 Å². The number of anilines is 1. The Labute approximate surface area is 201 Å². The van der Waals surface area contributed by atoms with Crippen molar-refractivity contribution in [3.05, 3.63) is 101 Å². The molecule has 1 unspecified atom stereocenters. The van der Waals surface area contributed by atoms with Gasteiger partial charge in [-0.15, -0.1) is 0 Å². The van der Waals surface area contributed by atoms with Crippen LogP contribution in [0.1, 0.15) is 27.9 Å². The summed E-state index contributed by atoms with van der Waals surface area (Å²) in [5.74, 6) is -2.18. The van der Waals surface area contributed by atoms with Crippen molar-refractivity contribution in [2.24, 2.45) is 0 Å². The highest BCUT2D eigenvalue weighted by Crippen LogP contribution is 2.27. The lowest BCUT2D eigenvalue weighted by molar-refractivity contribution is -0.128. The number of carbonyl (C=O) groups is 4. The van der Waals surface area contributed by atoms with Gasteiger partial charge in [0.2, 0.25) is 11.8 Å². The van der Waals surface area contributed by atoms with E-state index in [-0.39, 0.29) is 18.4 Å². The van der Waals surface area contributed by atoms with Crippen LogP contribution in [0.3, 0.4) is 0 Å². The maximum Gasteiger partial charge on any atom is 0.273 e. The van der Waals surface area contributed by atoms with Crippen LogP contribution in [0, 0.1) is 6.92 Å². The van der Waals surface area contributed by atoms with Crippen molar-refractivity contribution >= 4 is 40.9 Å². The minimum absolute atomic E-state index is 0.00336. The van der Waals surface area contributed by atoms with Crippen LogP contribution in [0.15, 0.2) is 78.9 Å². The molecule has 3 aromatic rings. The molecule has 0 bridgehead atoms. The Morgan fingerprint density at radius 1 is 1.00 bits per heavy atom. The number of amides is 4. The number of nitrogens with one attached hydrogen (secondary N) is 1. The fourth-order valence-corrected chi connectivity index (χ4v) is 4.03. The van der Waals surface area contributed by atoms with Gasteiger partial charge in [-0.3, -0.25) is 24.6 Å². The molecule has 34 heavy (non-hydrogen) atoms. The normalized spacial score (nSPS) is 15.4. The van der Waals surface area contributed by atoms with Crippen molar-refractivity contribution in [1.29, 1.82) is 0 Å². The quantitative estimate of drug-likeness (QED) is 0.450. The van der Waals surface area contributed by atoms with E-state index in [0.29, 0.717) is 10.7 Å². The summed E-state index contributed by atoms with van der Waals surface area (Å²) in [6.45, 7) is 1.85. The van der Waals surface area contributed by atoms with Crippen molar-refractivity contribution in [3.8, 4) is 0 Å². The summed E-state index contributed by atoms with van der Waals surface area (Å²) < 4.78 is 0. The van der Waals surface area contributed by atoms with E-state index in [1.807, 2.05) is 19.1 Å². The zero-order valence-electron chi connectivity index (χ0n) is 18.4. The van der Waals surface area contributed by atoms with E-state index in [9.17, 15) is 19.2 Å². The molecule has 3 aromatic carbocycles. The first-order valence-corrected chi connectivity index (χ1v) is 11.1. The van der Waals surface area contributed by atoms with Gasteiger partial charge in [0.1, 0.15) is 6.04 Å². The number of rotatable bonds is 5. The lowest BCUT2D eigenvalue weighted by atomic mass is 10.1. The van der Waals surface area contributed by atoms with E-state index in [0.717, 1.165) is 21.0 Å². The van der Waals surface area contributed by atoms with Crippen LogP contribution in [0.5, 0.6) is 0 Å². The second kappa shape index (κ2) is 9.89. The van der Waals surface area contributed by atoms with Crippen LogP contribution in [0.2, 0.25) is 5.02 Å². The number of nitrogens with zero attached hydrogens (tertiary/aromatic N) is 2. The third-order valence-corrected chi connectivity index (χ3v) is 5.67. The highest BCUT2D eigenvalue weighted by molar-refractivity contribution is 6.31. The van der Waals surface area contributed by atoms with Gasteiger partial charge in [-0.2, -0.15) is 0 Å². The van der Waals surface area contributed by atoms with Crippen LogP contribution in [-0.4, -0.2) is 34.7 Å². The number of aryl methyl sites for hydroxylation is 1. The molecule has 0 radical (unpaired) electrons. The van der Waals surface area contributed by atoms with Gasteiger partial charge in [0.25, 0.3) is 11.8 Å². The topological polar surface area (TPSA) is 86.8 Å². The lowest BCUT2D eigenvalue weighted by Gasteiger charge is -2.28. The van der Waals surface area contributed by atoms with Gasteiger partial charge in [-0.1, -0.05) is 60.1 Å². The van der Waals surface area contributed by atoms with Gasteiger partial charge in [-0.25, -0.2) is 9.91 Å². The largest absolute Gasteiger partial charge is 0.274 e. The minimum atomic E-state index is -1.20. The second-order valence-corrected chi connectivity index (χ2v) is 8.45. The standard InChI is InChI=1S/C26H22ClN3O4/c1-17-7-5-12-21(13-17)29-24(32)16-22(26(29)34)30(25(33)19-10-6-11-20(27)15-19)28-23(31)14-18-8-3-2-4-9-18/h2-13,15,22H,14,16H2,1H3,(H,28,31). The van der Waals surface area contributed by atoms with Crippen molar-refractivity contribution in [2.75, 3.05) is 4.90 Å². The third kappa shape index (κ3) is 5.00. The summed E-state index contributed by atoms with van der Waals surface area (Å²) >= 11 is 6.05. The van der Waals surface area contributed by atoms with Crippen LogP contribution in [-0.2, 0) is 20.8 Å². The molecule has 1 aliphatic heterocycles. The predicted octanol–water partition coefficient (Wildman–Crippen LogP) is 3.70. The van der Waals surface area contributed by atoms with Crippen molar-refractivity contribution < 1.29 is 19.2 Å². The molecular formula is C26H22ClN3O4. The number of imide groups is 1. The number of hydrogen-bond donors (Lipinski definition) is 1. The number of carbonyl (C=O) groups excluding carboxylic acids is 4. The zero-order chi connectivity index (χ0) is 24.2. The van der Waals surface area contributed by atoms with Crippen molar-refractivity contribution in [1.82, 2.24) is 10.4 Å². The Kier molecular flexibility index (Phi) is 6.75. The van der Waals surface area contributed by atoms with Crippen LogP contribution < -0.4 is 10.3 Å². The Morgan fingerprint density at radius 2 is 1.74 bits per heavy atom. The molecule has 0 aromatic heterocycles. The summed E-state index contributed by atoms with van der Waals surface area (Å²) in [6, 6.07) is 21.0. The van der Waals surface area contributed by atoms with E-state index in [1.165, 1.54) is 12.1 Å². The Hall–Kier alpha value is -3.97. The molecule has 4 rings (SSSR count). The van der Waals surface area contributed by atoms with Crippen LogP contribution in [0.25, 0.3) is 0 Å². The van der Waals surface area contributed by atoms with Gasteiger partial charge in [0.15, 0.2) is 0 Å². The van der Waals surface area contributed by atoms with Gasteiger partial charge >= 0.3 is 0 Å². The first-order chi connectivity index (χ1) is 16.3. The molecule has 0 saturated carbocycles. The van der Waals surface area contributed by atoms with E-state index in [1.54, 1.807) is 54.6 Å². The average molecular weight is 476 g/mol. The number of halogens is 1. The predicted molar refractivity (Wildman–Crippen MR) is 128 cm³/mol. The lowest BCUT2D eigenvalue weighted by Crippen LogP contribution is -2.55. The Morgan fingerprint density at radius 3 is 2.44 bits per heavy atom. The number of hydrogen-bond acceptors (Lipinski definition) is 4. The molecule has 7 nitrogen and oxygen atoms in total. The molecule has 1 heterocycles. The van der Waals surface area contributed by atoms with E-state index in [4.69, 9.17) is 11.6 Å². The number of hydrazine groups is 1. The van der Waals surface area contributed by atoms with Gasteiger partial charge < -0.3 is 0 Å². The van der Waals surface area contributed by atoms with E-state index in [2.05, 4.69) is 5.43 Å². The number of benzene rings is 3. The molecule has 172 valence electrons. The summed E-state index contributed by atoms with van der Waals surface area (Å²) in [5.41, 5.74) is 4.78. The molecule has 4 amide bonds. The Balaban J connectivity index is 1.64. The average Bonchev–Trinajstić information content (AvgIpc) is 3.11. The molecule has 1 fully saturated rings. The summed E-state index contributed by atoms with van der Waals surface area (Å²) in [7, 11) is 0. The summed E-state index contributed by atoms with van der Waals surface area (Å²) in [5, 5.41) is 1.28. The highest BCUT2D eigenvalue weighted by atomic mass is 35.5. The molecule has 1 N–H and O–H groups in total.